The molecule has 0 saturated carbocycles. The summed E-state index contributed by atoms with van der Waals surface area (Å²) in [5.74, 6) is 2.09. The normalized spacial score (nSPS) is 10.9. The molecule has 4 rings (SSSR count). The number of hydrogen-bond donors (Lipinski definition) is 0. The molecule has 0 spiro atoms. The SMILES string of the molecule is COc1ccc(Cc2nnc(SCc3csc(-c4ccccn4)n3)o2)cc1. The number of thiazole rings is 1. The zero-order chi connectivity index (χ0) is 18.5. The van der Waals surface area contributed by atoms with Crippen molar-refractivity contribution in [3.05, 3.63) is 71.2 Å². The zero-order valence-electron chi connectivity index (χ0n) is 14.5. The Morgan fingerprint density at radius 2 is 2.00 bits per heavy atom. The van der Waals surface area contributed by atoms with Crippen LogP contribution in [0.5, 0.6) is 5.75 Å². The molecular formula is C19H16N4O2S2. The predicted molar refractivity (Wildman–Crippen MR) is 105 cm³/mol. The standard InChI is InChI=1S/C19H16N4O2S2/c1-24-15-7-5-13(6-8-15)10-17-22-23-19(25-17)27-12-14-11-26-18(21-14)16-4-2-3-9-20-16/h2-9,11H,10,12H2,1H3. The van der Waals surface area contributed by atoms with Crippen LogP contribution in [-0.2, 0) is 12.2 Å². The molecule has 27 heavy (non-hydrogen) atoms. The largest absolute Gasteiger partial charge is 0.497 e. The molecule has 0 aliphatic heterocycles. The monoisotopic (exact) mass is 396 g/mol. The summed E-state index contributed by atoms with van der Waals surface area (Å²) in [6, 6.07) is 13.6. The van der Waals surface area contributed by atoms with Gasteiger partial charge in [-0.1, -0.05) is 30.0 Å². The van der Waals surface area contributed by atoms with Gasteiger partial charge in [0.2, 0.25) is 5.89 Å². The molecule has 4 aromatic rings. The lowest BCUT2D eigenvalue weighted by Gasteiger charge is -2.00. The fourth-order valence-corrected chi connectivity index (χ4v) is 3.98. The smallest absolute Gasteiger partial charge is 0.276 e. The molecule has 0 fully saturated rings. The third-order valence-corrected chi connectivity index (χ3v) is 5.51. The first-order chi connectivity index (χ1) is 13.3. The van der Waals surface area contributed by atoms with Gasteiger partial charge in [0.15, 0.2) is 0 Å². The van der Waals surface area contributed by atoms with Gasteiger partial charge in [-0.3, -0.25) is 4.98 Å². The minimum atomic E-state index is 0.547. The molecule has 0 amide bonds. The summed E-state index contributed by atoms with van der Waals surface area (Å²) < 4.78 is 10.9. The van der Waals surface area contributed by atoms with Gasteiger partial charge >= 0.3 is 0 Å². The summed E-state index contributed by atoms with van der Waals surface area (Å²) in [5.41, 5.74) is 2.95. The maximum atomic E-state index is 5.73. The van der Waals surface area contributed by atoms with Gasteiger partial charge in [0.25, 0.3) is 5.22 Å². The second kappa shape index (κ2) is 8.32. The molecule has 0 bridgehead atoms. The quantitative estimate of drug-likeness (QED) is 0.426. The van der Waals surface area contributed by atoms with Gasteiger partial charge in [0.05, 0.1) is 24.9 Å². The maximum Gasteiger partial charge on any atom is 0.276 e. The van der Waals surface area contributed by atoms with Gasteiger partial charge in [-0.05, 0) is 29.8 Å². The Bertz CT molecular complexity index is 1000. The lowest BCUT2D eigenvalue weighted by atomic mass is 10.1. The molecule has 0 N–H and O–H groups in total. The molecule has 0 aliphatic carbocycles. The van der Waals surface area contributed by atoms with Gasteiger partial charge in [0, 0.05) is 17.3 Å². The number of ether oxygens (including phenoxy) is 1. The minimum Gasteiger partial charge on any atom is -0.497 e. The number of hydrogen-bond acceptors (Lipinski definition) is 8. The highest BCUT2D eigenvalue weighted by atomic mass is 32.2. The van der Waals surface area contributed by atoms with E-state index in [1.807, 2.05) is 47.8 Å². The number of aromatic nitrogens is 4. The third kappa shape index (κ3) is 4.53. The van der Waals surface area contributed by atoms with Crippen molar-refractivity contribution >= 4 is 23.1 Å². The summed E-state index contributed by atoms with van der Waals surface area (Å²) in [6.45, 7) is 0. The van der Waals surface area contributed by atoms with E-state index in [0.29, 0.717) is 23.3 Å². The minimum absolute atomic E-state index is 0.547. The highest BCUT2D eigenvalue weighted by Gasteiger charge is 2.10. The van der Waals surface area contributed by atoms with Crippen molar-refractivity contribution in [1.29, 1.82) is 0 Å². The van der Waals surface area contributed by atoms with Crippen molar-refractivity contribution in [3.8, 4) is 16.5 Å². The molecule has 3 heterocycles. The van der Waals surface area contributed by atoms with Crippen molar-refractivity contribution in [2.24, 2.45) is 0 Å². The van der Waals surface area contributed by atoms with E-state index in [4.69, 9.17) is 9.15 Å². The zero-order valence-corrected chi connectivity index (χ0v) is 16.2. The lowest BCUT2D eigenvalue weighted by Crippen LogP contribution is -1.89. The molecule has 0 atom stereocenters. The van der Waals surface area contributed by atoms with Crippen LogP contribution >= 0.6 is 23.1 Å². The second-order valence-electron chi connectivity index (χ2n) is 5.63. The van der Waals surface area contributed by atoms with Crippen molar-refractivity contribution in [2.75, 3.05) is 7.11 Å². The highest BCUT2D eigenvalue weighted by molar-refractivity contribution is 7.98. The first-order valence-corrected chi connectivity index (χ1v) is 10.1. The Kier molecular flexibility index (Phi) is 5.45. The van der Waals surface area contributed by atoms with E-state index >= 15 is 0 Å². The van der Waals surface area contributed by atoms with Crippen LogP contribution in [0.1, 0.15) is 17.1 Å². The van der Waals surface area contributed by atoms with Crippen LogP contribution < -0.4 is 4.74 Å². The van der Waals surface area contributed by atoms with Crippen molar-refractivity contribution < 1.29 is 9.15 Å². The molecule has 3 aromatic heterocycles. The summed E-state index contributed by atoms with van der Waals surface area (Å²) in [4.78, 5) is 8.95. The lowest BCUT2D eigenvalue weighted by molar-refractivity contribution is 0.413. The van der Waals surface area contributed by atoms with E-state index < -0.39 is 0 Å². The Morgan fingerprint density at radius 3 is 2.78 bits per heavy atom. The molecule has 0 unspecified atom stereocenters. The Hall–Kier alpha value is -2.71. The Labute approximate surface area is 164 Å². The van der Waals surface area contributed by atoms with Crippen LogP contribution in [0, 0.1) is 0 Å². The molecule has 0 saturated heterocycles. The summed E-state index contributed by atoms with van der Waals surface area (Å²) in [5, 5.41) is 11.7. The molecule has 0 aliphatic rings. The third-order valence-electron chi connectivity index (χ3n) is 3.74. The van der Waals surface area contributed by atoms with Gasteiger partial charge in [-0.15, -0.1) is 21.5 Å². The van der Waals surface area contributed by atoms with Gasteiger partial charge in [0.1, 0.15) is 10.8 Å². The maximum absolute atomic E-state index is 5.73. The molecule has 0 radical (unpaired) electrons. The van der Waals surface area contributed by atoms with Crippen LogP contribution in [-0.4, -0.2) is 27.3 Å². The van der Waals surface area contributed by atoms with Gasteiger partial charge in [-0.2, -0.15) is 0 Å². The van der Waals surface area contributed by atoms with E-state index in [1.54, 1.807) is 24.6 Å². The van der Waals surface area contributed by atoms with E-state index in [9.17, 15) is 0 Å². The number of benzene rings is 1. The van der Waals surface area contributed by atoms with E-state index in [2.05, 4.69) is 20.2 Å². The Morgan fingerprint density at radius 1 is 1.11 bits per heavy atom. The van der Waals surface area contributed by atoms with Gasteiger partial charge < -0.3 is 9.15 Å². The fraction of sp³-hybridized carbons (Fsp3) is 0.158. The predicted octanol–water partition coefficient (Wildman–Crippen LogP) is 4.48. The summed E-state index contributed by atoms with van der Waals surface area (Å²) in [6.07, 6.45) is 2.37. The van der Waals surface area contributed by atoms with Crippen molar-refractivity contribution in [2.45, 2.75) is 17.4 Å². The van der Waals surface area contributed by atoms with Crippen LogP contribution in [0.2, 0.25) is 0 Å². The highest BCUT2D eigenvalue weighted by Crippen LogP contribution is 2.26. The van der Waals surface area contributed by atoms with Crippen molar-refractivity contribution in [3.63, 3.8) is 0 Å². The number of pyridine rings is 1. The molecule has 8 heteroatoms. The first-order valence-electron chi connectivity index (χ1n) is 8.24. The average Bonchev–Trinajstić information content (AvgIpc) is 3.37. The fourth-order valence-electron chi connectivity index (χ4n) is 2.40. The van der Waals surface area contributed by atoms with E-state index in [1.165, 1.54) is 11.8 Å². The van der Waals surface area contributed by atoms with Crippen LogP contribution in [0.25, 0.3) is 10.7 Å². The molecule has 1 aromatic carbocycles. The average molecular weight is 396 g/mol. The number of rotatable bonds is 7. The second-order valence-corrected chi connectivity index (χ2v) is 7.42. The molecular weight excluding hydrogens is 380 g/mol. The first kappa shape index (κ1) is 17.7. The number of thioether (sulfide) groups is 1. The topological polar surface area (TPSA) is 73.9 Å². The van der Waals surface area contributed by atoms with Gasteiger partial charge in [-0.25, -0.2) is 4.98 Å². The van der Waals surface area contributed by atoms with Crippen LogP contribution in [0.15, 0.2) is 63.7 Å². The van der Waals surface area contributed by atoms with Crippen LogP contribution in [0.4, 0.5) is 0 Å². The summed E-state index contributed by atoms with van der Waals surface area (Å²) >= 11 is 3.07. The Balaban J connectivity index is 1.35. The molecule has 6 nitrogen and oxygen atoms in total. The number of methoxy groups -OCH3 is 1. The molecule has 136 valence electrons. The van der Waals surface area contributed by atoms with E-state index in [-0.39, 0.29) is 0 Å². The van der Waals surface area contributed by atoms with Crippen molar-refractivity contribution in [1.82, 2.24) is 20.2 Å². The van der Waals surface area contributed by atoms with Crippen LogP contribution in [0.3, 0.4) is 0 Å². The van der Waals surface area contributed by atoms with E-state index in [0.717, 1.165) is 27.7 Å². The summed E-state index contributed by atoms with van der Waals surface area (Å²) in [7, 11) is 1.65. The number of nitrogens with zero attached hydrogens (tertiary/aromatic N) is 4.